The van der Waals surface area contributed by atoms with Crippen LogP contribution in [0.5, 0.6) is 0 Å². The fourth-order valence-electron chi connectivity index (χ4n) is 2.85. The summed E-state index contributed by atoms with van der Waals surface area (Å²) in [7, 11) is 0. The molecular formula is C18H21N3O3. The number of nitrogens with zero attached hydrogens (tertiary/aromatic N) is 1. The van der Waals surface area contributed by atoms with Crippen LogP contribution in [0, 0.1) is 0 Å². The predicted molar refractivity (Wildman–Crippen MR) is 90.5 cm³/mol. The third kappa shape index (κ3) is 3.33. The van der Waals surface area contributed by atoms with Crippen LogP contribution in [0.2, 0.25) is 0 Å². The molecule has 1 unspecified atom stereocenters. The number of benzene rings is 1. The van der Waals surface area contributed by atoms with E-state index in [0.717, 1.165) is 24.2 Å². The van der Waals surface area contributed by atoms with Gasteiger partial charge in [-0.1, -0.05) is 12.1 Å². The first-order valence-corrected chi connectivity index (χ1v) is 8.07. The van der Waals surface area contributed by atoms with Gasteiger partial charge < -0.3 is 20.4 Å². The molecule has 1 aromatic heterocycles. The molecule has 2 aromatic rings. The molecule has 1 saturated heterocycles. The Kier molecular flexibility index (Phi) is 4.66. The van der Waals surface area contributed by atoms with E-state index in [1.165, 1.54) is 6.26 Å². The van der Waals surface area contributed by atoms with Gasteiger partial charge >= 0.3 is 0 Å². The standard InChI is InChI=1S/C18H21N3O3/c1-12(20-18(23)14-9-16(10-19)24-11-14)13-4-2-5-15(8-13)21-7-3-6-17(21)22/h2,4-5,8-9,11-12H,3,6-7,10,19H2,1H3,(H,20,23). The van der Waals surface area contributed by atoms with Gasteiger partial charge in [0, 0.05) is 18.7 Å². The lowest BCUT2D eigenvalue weighted by atomic mass is 10.1. The minimum absolute atomic E-state index is 0.150. The Morgan fingerprint density at radius 3 is 2.92 bits per heavy atom. The quantitative estimate of drug-likeness (QED) is 0.882. The summed E-state index contributed by atoms with van der Waals surface area (Å²) >= 11 is 0. The topological polar surface area (TPSA) is 88.6 Å². The van der Waals surface area contributed by atoms with Crippen molar-refractivity contribution in [2.45, 2.75) is 32.4 Å². The zero-order valence-corrected chi connectivity index (χ0v) is 13.6. The van der Waals surface area contributed by atoms with Crippen molar-refractivity contribution in [2.75, 3.05) is 11.4 Å². The molecule has 0 radical (unpaired) electrons. The van der Waals surface area contributed by atoms with Crippen LogP contribution in [0.4, 0.5) is 5.69 Å². The van der Waals surface area contributed by atoms with Gasteiger partial charge in [0.15, 0.2) is 0 Å². The van der Waals surface area contributed by atoms with E-state index < -0.39 is 0 Å². The summed E-state index contributed by atoms with van der Waals surface area (Å²) in [6, 6.07) is 9.17. The number of nitrogens with one attached hydrogen (secondary N) is 1. The Bertz CT molecular complexity index is 753. The molecule has 0 saturated carbocycles. The number of hydrogen-bond donors (Lipinski definition) is 2. The summed E-state index contributed by atoms with van der Waals surface area (Å²) in [5.74, 6) is 0.507. The minimum atomic E-state index is -0.214. The van der Waals surface area contributed by atoms with Crippen LogP contribution in [-0.2, 0) is 11.3 Å². The molecule has 1 aromatic carbocycles. The van der Waals surface area contributed by atoms with Crippen LogP contribution < -0.4 is 16.0 Å². The number of furan rings is 1. The highest BCUT2D eigenvalue weighted by molar-refractivity contribution is 5.95. The SMILES string of the molecule is CC(NC(=O)c1coc(CN)c1)c1cccc(N2CCCC2=O)c1. The molecule has 1 fully saturated rings. The van der Waals surface area contributed by atoms with E-state index in [2.05, 4.69) is 5.32 Å². The summed E-state index contributed by atoms with van der Waals surface area (Å²) < 4.78 is 5.19. The molecule has 1 atom stereocenters. The zero-order chi connectivity index (χ0) is 17.1. The Labute approximate surface area is 140 Å². The summed E-state index contributed by atoms with van der Waals surface area (Å²) in [6.45, 7) is 2.92. The Morgan fingerprint density at radius 1 is 1.42 bits per heavy atom. The van der Waals surface area contributed by atoms with Crippen LogP contribution in [0.1, 0.15) is 47.5 Å². The molecule has 3 rings (SSSR count). The second-order valence-corrected chi connectivity index (χ2v) is 5.94. The molecule has 6 heteroatoms. The third-order valence-corrected chi connectivity index (χ3v) is 4.22. The lowest BCUT2D eigenvalue weighted by Gasteiger charge is -2.19. The molecule has 2 amide bonds. The van der Waals surface area contributed by atoms with E-state index in [4.69, 9.17) is 10.2 Å². The number of rotatable bonds is 5. The predicted octanol–water partition coefficient (Wildman–Crippen LogP) is 2.36. The molecule has 2 heterocycles. The van der Waals surface area contributed by atoms with Gasteiger partial charge in [-0.15, -0.1) is 0 Å². The van der Waals surface area contributed by atoms with Crippen molar-refractivity contribution in [3.8, 4) is 0 Å². The number of carbonyl (C=O) groups excluding carboxylic acids is 2. The van der Waals surface area contributed by atoms with Crippen LogP contribution >= 0.6 is 0 Å². The summed E-state index contributed by atoms with van der Waals surface area (Å²) in [5.41, 5.74) is 7.76. The average molecular weight is 327 g/mol. The first kappa shape index (κ1) is 16.3. The highest BCUT2D eigenvalue weighted by atomic mass is 16.3. The molecule has 0 spiro atoms. The maximum absolute atomic E-state index is 12.3. The number of amides is 2. The maximum atomic E-state index is 12.3. The van der Waals surface area contributed by atoms with Gasteiger partial charge in [-0.2, -0.15) is 0 Å². The van der Waals surface area contributed by atoms with Crippen LogP contribution in [0.15, 0.2) is 41.0 Å². The number of nitrogens with two attached hydrogens (primary N) is 1. The molecule has 1 aliphatic rings. The molecule has 6 nitrogen and oxygen atoms in total. The second-order valence-electron chi connectivity index (χ2n) is 5.94. The lowest BCUT2D eigenvalue weighted by molar-refractivity contribution is -0.117. The van der Waals surface area contributed by atoms with Crippen LogP contribution in [0.3, 0.4) is 0 Å². The van der Waals surface area contributed by atoms with E-state index in [9.17, 15) is 9.59 Å². The van der Waals surface area contributed by atoms with Crippen LogP contribution in [-0.4, -0.2) is 18.4 Å². The fraction of sp³-hybridized carbons (Fsp3) is 0.333. The number of anilines is 1. The fourth-order valence-corrected chi connectivity index (χ4v) is 2.85. The van der Waals surface area contributed by atoms with Crippen molar-refractivity contribution >= 4 is 17.5 Å². The Morgan fingerprint density at radius 2 is 2.25 bits per heavy atom. The second kappa shape index (κ2) is 6.88. The maximum Gasteiger partial charge on any atom is 0.255 e. The van der Waals surface area contributed by atoms with Gasteiger partial charge in [0.25, 0.3) is 5.91 Å². The molecule has 1 aliphatic heterocycles. The van der Waals surface area contributed by atoms with Crippen molar-refractivity contribution in [2.24, 2.45) is 5.73 Å². The first-order valence-electron chi connectivity index (χ1n) is 8.07. The average Bonchev–Trinajstić information content (AvgIpc) is 3.23. The summed E-state index contributed by atoms with van der Waals surface area (Å²) in [4.78, 5) is 26.0. The van der Waals surface area contributed by atoms with E-state index in [1.54, 1.807) is 11.0 Å². The number of hydrogen-bond acceptors (Lipinski definition) is 4. The van der Waals surface area contributed by atoms with Crippen molar-refractivity contribution in [1.82, 2.24) is 5.32 Å². The highest BCUT2D eigenvalue weighted by Gasteiger charge is 2.22. The van der Waals surface area contributed by atoms with E-state index >= 15 is 0 Å². The normalized spacial score (nSPS) is 15.6. The molecule has 0 aliphatic carbocycles. The van der Waals surface area contributed by atoms with Crippen molar-refractivity contribution in [1.29, 1.82) is 0 Å². The Hall–Kier alpha value is -2.60. The smallest absolute Gasteiger partial charge is 0.255 e. The minimum Gasteiger partial charge on any atom is -0.467 e. The van der Waals surface area contributed by atoms with Crippen molar-refractivity contribution in [3.05, 3.63) is 53.5 Å². The van der Waals surface area contributed by atoms with Gasteiger partial charge in [0.2, 0.25) is 5.91 Å². The van der Waals surface area contributed by atoms with Gasteiger partial charge in [0.1, 0.15) is 12.0 Å². The molecule has 3 N–H and O–H groups in total. The zero-order valence-electron chi connectivity index (χ0n) is 13.6. The molecule has 24 heavy (non-hydrogen) atoms. The lowest BCUT2D eigenvalue weighted by Crippen LogP contribution is -2.27. The van der Waals surface area contributed by atoms with Gasteiger partial charge in [-0.05, 0) is 37.1 Å². The largest absolute Gasteiger partial charge is 0.467 e. The third-order valence-electron chi connectivity index (χ3n) is 4.22. The van der Waals surface area contributed by atoms with Gasteiger partial charge in [-0.25, -0.2) is 0 Å². The van der Waals surface area contributed by atoms with E-state index in [0.29, 0.717) is 17.7 Å². The van der Waals surface area contributed by atoms with Gasteiger partial charge in [0.05, 0.1) is 18.2 Å². The monoisotopic (exact) mass is 327 g/mol. The molecule has 126 valence electrons. The van der Waals surface area contributed by atoms with Gasteiger partial charge in [-0.3, -0.25) is 9.59 Å². The van der Waals surface area contributed by atoms with Crippen molar-refractivity contribution in [3.63, 3.8) is 0 Å². The molecular weight excluding hydrogens is 306 g/mol. The Balaban J connectivity index is 1.71. The van der Waals surface area contributed by atoms with Crippen molar-refractivity contribution < 1.29 is 14.0 Å². The highest BCUT2D eigenvalue weighted by Crippen LogP contribution is 2.25. The van der Waals surface area contributed by atoms with E-state index in [-0.39, 0.29) is 24.4 Å². The summed E-state index contributed by atoms with van der Waals surface area (Å²) in [5, 5.41) is 2.94. The van der Waals surface area contributed by atoms with Crippen LogP contribution in [0.25, 0.3) is 0 Å². The summed E-state index contributed by atoms with van der Waals surface area (Å²) in [6.07, 6.45) is 2.89. The van der Waals surface area contributed by atoms with E-state index in [1.807, 2.05) is 31.2 Å². The molecule has 0 bridgehead atoms. The number of carbonyl (C=O) groups is 2. The first-order chi connectivity index (χ1) is 11.6.